The van der Waals surface area contributed by atoms with E-state index in [0.717, 1.165) is 61.3 Å². The zero-order chi connectivity index (χ0) is 25.9. The summed E-state index contributed by atoms with van der Waals surface area (Å²) in [5.41, 5.74) is 6.65. The Labute approximate surface area is 242 Å². The van der Waals surface area contributed by atoms with Crippen LogP contribution in [-0.4, -0.2) is 14.5 Å². The van der Waals surface area contributed by atoms with Gasteiger partial charge in [-0.2, -0.15) is 0 Å². The van der Waals surface area contributed by atoms with Crippen LogP contribution >= 0.6 is 0 Å². The summed E-state index contributed by atoms with van der Waals surface area (Å²) >= 11 is 0. The molecule has 5 heteroatoms. The summed E-state index contributed by atoms with van der Waals surface area (Å²) in [7, 11) is 0. The summed E-state index contributed by atoms with van der Waals surface area (Å²) in [6, 6.07) is 36.9. The van der Waals surface area contributed by atoms with Crippen LogP contribution in [0.3, 0.4) is 0 Å². The largest absolute Gasteiger partial charge is 2.00 e. The fraction of sp³-hybridized carbons (Fsp3) is 0.118. The van der Waals surface area contributed by atoms with E-state index < -0.39 is 0 Å². The monoisotopic (exact) mass is 685 g/mol. The number of rotatable bonds is 3. The van der Waals surface area contributed by atoms with Gasteiger partial charge in [-0.15, -0.1) is 24.3 Å². The topological polar surface area (TPSA) is 44.8 Å². The third kappa shape index (κ3) is 4.20. The molecule has 3 aromatic carbocycles. The maximum atomic E-state index is 5.27. The summed E-state index contributed by atoms with van der Waals surface area (Å²) < 4.78 is 2.23. The van der Waals surface area contributed by atoms with E-state index in [1.807, 2.05) is 36.5 Å². The number of hydrogen-bond acceptors (Lipinski definition) is 2. The number of nitrogens with zero attached hydrogens (tertiary/aromatic N) is 4. The van der Waals surface area contributed by atoms with Crippen LogP contribution < -0.4 is 4.98 Å². The molecule has 0 aliphatic rings. The quantitative estimate of drug-likeness (QED) is 0.177. The molecule has 0 aliphatic heterocycles. The van der Waals surface area contributed by atoms with Crippen molar-refractivity contribution >= 4 is 32.7 Å². The van der Waals surface area contributed by atoms with Crippen molar-refractivity contribution in [1.82, 2.24) is 19.5 Å². The number of pyridine rings is 2. The van der Waals surface area contributed by atoms with Crippen LogP contribution in [0.2, 0.25) is 0 Å². The zero-order valence-corrected chi connectivity index (χ0v) is 24.2. The van der Waals surface area contributed by atoms with E-state index in [4.69, 9.17) is 9.97 Å². The van der Waals surface area contributed by atoms with Gasteiger partial charge in [0.05, 0.1) is 5.65 Å². The van der Waals surface area contributed by atoms with Crippen molar-refractivity contribution in [3.8, 4) is 28.3 Å². The normalized spacial score (nSPS) is 11.8. The summed E-state index contributed by atoms with van der Waals surface area (Å²) in [6.07, 6.45) is 1.81. The Morgan fingerprint density at radius 2 is 1.36 bits per heavy atom. The molecule has 0 saturated carbocycles. The molecule has 0 fully saturated rings. The Hall–Kier alpha value is -4.01. The van der Waals surface area contributed by atoms with Crippen LogP contribution in [0.15, 0.2) is 103 Å². The molecule has 4 aromatic heterocycles. The SMILES string of the molecule is CC(C)(C)c1[n-]c(-n2c3ccccc3c3ccc(-c4[c-]c(-c5ccccn5)ccc4)nc32)c2ccccc12.[Pt+2]. The van der Waals surface area contributed by atoms with Crippen molar-refractivity contribution < 1.29 is 21.1 Å². The Morgan fingerprint density at radius 3 is 2.10 bits per heavy atom. The van der Waals surface area contributed by atoms with Crippen molar-refractivity contribution in [2.75, 3.05) is 0 Å². The summed E-state index contributed by atoms with van der Waals surface area (Å²) in [4.78, 5) is 15.0. The molecule has 0 N–H and O–H groups in total. The maximum Gasteiger partial charge on any atom is 2.00 e. The molecule has 0 atom stereocenters. The molecule has 4 heterocycles. The van der Waals surface area contributed by atoms with Crippen molar-refractivity contribution in [2.45, 2.75) is 26.2 Å². The van der Waals surface area contributed by atoms with Crippen molar-refractivity contribution in [2.24, 2.45) is 0 Å². The van der Waals surface area contributed by atoms with Crippen LogP contribution in [0, 0.1) is 6.07 Å². The molecule has 7 aromatic rings. The summed E-state index contributed by atoms with van der Waals surface area (Å²) in [6.45, 7) is 6.66. The molecule has 0 spiro atoms. The van der Waals surface area contributed by atoms with Gasteiger partial charge in [-0.05, 0) is 39.0 Å². The van der Waals surface area contributed by atoms with Crippen molar-refractivity contribution in [3.05, 3.63) is 115 Å². The Balaban J connectivity index is 0.00000277. The number of hydrogen-bond donors (Lipinski definition) is 0. The van der Waals surface area contributed by atoms with E-state index in [9.17, 15) is 0 Å². The minimum atomic E-state index is -0.0872. The van der Waals surface area contributed by atoms with Crippen molar-refractivity contribution in [3.63, 3.8) is 0 Å². The molecule has 0 unspecified atom stereocenters. The molecule has 7 rings (SSSR count). The van der Waals surface area contributed by atoms with Gasteiger partial charge in [0.2, 0.25) is 0 Å². The van der Waals surface area contributed by atoms with Gasteiger partial charge in [0, 0.05) is 23.0 Å². The summed E-state index contributed by atoms with van der Waals surface area (Å²) in [5.74, 6) is 0.924. The van der Waals surface area contributed by atoms with E-state index in [1.54, 1.807) is 0 Å². The van der Waals surface area contributed by atoms with E-state index in [0.29, 0.717) is 0 Å². The van der Waals surface area contributed by atoms with Gasteiger partial charge in [0.15, 0.2) is 0 Å². The molecule has 0 aliphatic carbocycles. The van der Waals surface area contributed by atoms with Gasteiger partial charge in [0.25, 0.3) is 0 Å². The predicted octanol–water partition coefficient (Wildman–Crippen LogP) is 8.11. The Morgan fingerprint density at radius 1 is 0.667 bits per heavy atom. The van der Waals surface area contributed by atoms with Gasteiger partial charge in [-0.3, -0.25) is 9.97 Å². The third-order valence-electron chi connectivity index (χ3n) is 7.10. The second-order valence-electron chi connectivity index (χ2n) is 10.7. The van der Waals surface area contributed by atoms with E-state index in [1.165, 1.54) is 5.39 Å². The first-order chi connectivity index (χ1) is 18.5. The number of aromatic nitrogens is 4. The first-order valence-electron chi connectivity index (χ1n) is 12.9. The molecule has 192 valence electrons. The second kappa shape index (κ2) is 9.63. The van der Waals surface area contributed by atoms with Crippen LogP contribution in [0.1, 0.15) is 26.5 Å². The smallest absolute Gasteiger partial charge is 0.438 e. The van der Waals surface area contributed by atoms with Gasteiger partial charge < -0.3 is 9.55 Å². The average Bonchev–Trinajstić information content (AvgIpc) is 3.49. The molecule has 0 saturated heterocycles. The molecule has 0 radical (unpaired) electrons. The minimum Gasteiger partial charge on any atom is -0.438 e. The first kappa shape index (κ1) is 25.3. The molecular formula is C34H26N4Pt. The standard InChI is InChI=1S/C34H26N4.Pt/c1-34(2,3)31-25-14-4-5-15-26(25)33(37-31)38-30-17-7-6-13-24(30)27-18-19-29(36-32(27)38)23-12-10-11-22(21-23)28-16-8-9-20-35-28;/h4-20H,1-3H3;/q-2;+2. The van der Waals surface area contributed by atoms with Crippen molar-refractivity contribution in [1.29, 1.82) is 0 Å². The maximum absolute atomic E-state index is 5.27. The predicted molar refractivity (Wildman–Crippen MR) is 156 cm³/mol. The van der Waals surface area contributed by atoms with Crippen LogP contribution in [-0.2, 0) is 26.5 Å². The molecule has 0 amide bonds. The molecule has 39 heavy (non-hydrogen) atoms. The number of benzene rings is 3. The van der Waals surface area contributed by atoms with Crippen LogP contribution in [0.5, 0.6) is 0 Å². The summed E-state index contributed by atoms with van der Waals surface area (Å²) in [5, 5.41) is 4.59. The van der Waals surface area contributed by atoms with Gasteiger partial charge in [-0.1, -0.05) is 110 Å². The fourth-order valence-corrected chi connectivity index (χ4v) is 5.35. The zero-order valence-electron chi connectivity index (χ0n) is 21.9. The number of fused-ring (bicyclic) bond motifs is 4. The first-order valence-corrected chi connectivity index (χ1v) is 12.9. The molecular weight excluding hydrogens is 659 g/mol. The van der Waals surface area contributed by atoms with E-state index >= 15 is 0 Å². The van der Waals surface area contributed by atoms with Gasteiger partial charge >= 0.3 is 21.1 Å². The Kier molecular flexibility index (Phi) is 6.24. The second-order valence-corrected chi connectivity index (χ2v) is 10.7. The molecule has 0 bridgehead atoms. The van der Waals surface area contributed by atoms with E-state index in [2.05, 4.69) is 103 Å². The minimum absolute atomic E-state index is 0. The van der Waals surface area contributed by atoms with E-state index in [-0.39, 0.29) is 26.5 Å². The molecule has 4 nitrogen and oxygen atoms in total. The van der Waals surface area contributed by atoms with Gasteiger partial charge in [0.1, 0.15) is 0 Å². The van der Waals surface area contributed by atoms with Crippen LogP contribution in [0.25, 0.3) is 61.0 Å². The van der Waals surface area contributed by atoms with Gasteiger partial charge in [-0.25, -0.2) is 0 Å². The third-order valence-corrected chi connectivity index (χ3v) is 7.10. The fourth-order valence-electron chi connectivity index (χ4n) is 5.35. The average molecular weight is 686 g/mol. The Bertz CT molecular complexity index is 1960. The van der Waals surface area contributed by atoms with Crippen LogP contribution in [0.4, 0.5) is 0 Å². The number of para-hydroxylation sites is 1.